The van der Waals surface area contributed by atoms with E-state index >= 15 is 0 Å². The van der Waals surface area contributed by atoms with Gasteiger partial charge in [-0.2, -0.15) is 0 Å². The molecule has 238 valence electrons. The molecule has 0 saturated carbocycles. The van der Waals surface area contributed by atoms with Crippen LogP contribution in [0.1, 0.15) is 0 Å². The standard InChI is InChI=1S/C50H27NS/c1-2-14-31-29(12-1)30-13-3-5-16-33(30)41-26-28(24-25-35(31)41)51-48-40-22-11-21-36-32-15-4-6-17-34(32)42(45(36)40)27-43(48)46-37-18-7-8-19-38(37)47-39-20-9-10-23-44(39)52-50(47)49(46)51/h1-27H. The van der Waals surface area contributed by atoms with E-state index in [4.69, 9.17) is 0 Å². The number of fused-ring (bicyclic) bond motifs is 20. The molecular weight excluding hydrogens is 647 g/mol. The Morgan fingerprint density at radius 3 is 1.58 bits per heavy atom. The third-order valence-corrected chi connectivity index (χ3v) is 13.0. The van der Waals surface area contributed by atoms with Gasteiger partial charge in [0.25, 0.3) is 0 Å². The second-order valence-corrected chi connectivity index (χ2v) is 15.4. The topological polar surface area (TPSA) is 4.93 Å². The van der Waals surface area contributed by atoms with Crippen molar-refractivity contribution in [1.29, 1.82) is 0 Å². The van der Waals surface area contributed by atoms with E-state index in [1.54, 1.807) is 0 Å². The van der Waals surface area contributed by atoms with Gasteiger partial charge in [-0.05, 0) is 95.0 Å². The lowest BCUT2D eigenvalue weighted by atomic mass is 9.94. The fourth-order valence-electron chi connectivity index (χ4n) is 9.82. The number of rotatable bonds is 1. The molecule has 10 aromatic carbocycles. The summed E-state index contributed by atoms with van der Waals surface area (Å²) in [4.78, 5) is 0. The lowest BCUT2D eigenvalue weighted by Gasteiger charge is -2.15. The highest BCUT2D eigenvalue weighted by molar-refractivity contribution is 7.27. The van der Waals surface area contributed by atoms with Crippen molar-refractivity contribution in [3.8, 4) is 27.9 Å². The van der Waals surface area contributed by atoms with Crippen LogP contribution in [0.3, 0.4) is 0 Å². The van der Waals surface area contributed by atoms with Gasteiger partial charge in [0, 0.05) is 37.3 Å². The molecule has 0 fully saturated rings. The van der Waals surface area contributed by atoms with Crippen LogP contribution in [-0.2, 0) is 0 Å². The lowest BCUT2D eigenvalue weighted by molar-refractivity contribution is 1.20. The van der Waals surface area contributed by atoms with Gasteiger partial charge in [0.15, 0.2) is 0 Å². The summed E-state index contributed by atoms with van der Waals surface area (Å²) in [6.07, 6.45) is 0. The van der Waals surface area contributed by atoms with E-state index in [0.717, 1.165) is 0 Å². The molecule has 2 heteroatoms. The number of hydrogen-bond donors (Lipinski definition) is 0. The van der Waals surface area contributed by atoms with E-state index in [9.17, 15) is 0 Å². The van der Waals surface area contributed by atoms with Crippen molar-refractivity contribution in [3.05, 3.63) is 164 Å². The van der Waals surface area contributed by atoms with Gasteiger partial charge in [0.1, 0.15) is 0 Å². The minimum atomic E-state index is 1.19. The minimum Gasteiger partial charge on any atom is -0.307 e. The molecule has 0 bridgehead atoms. The largest absolute Gasteiger partial charge is 0.307 e. The predicted molar refractivity (Wildman–Crippen MR) is 226 cm³/mol. The van der Waals surface area contributed by atoms with Crippen LogP contribution in [0, 0.1) is 0 Å². The zero-order chi connectivity index (χ0) is 33.7. The number of benzene rings is 10. The van der Waals surface area contributed by atoms with Crippen molar-refractivity contribution in [2.24, 2.45) is 0 Å². The monoisotopic (exact) mass is 673 g/mol. The zero-order valence-electron chi connectivity index (χ0n) is 27.9. The van der Waals surface area contributed by atoms with E-state index in [-0.39, 0.29) is 0 Å². The molecule has 0 spiro atoms. The first kappa shape index (κ1) is 27.3. The number of nitrogens with zero attached hydrogens (tertiary/aromatic N) is 1. The third kappa shape index (κ3) is 3.25. The summed E-state index contributed by atoms with van der Waals surface area (Å²) in [6, 6.07) is 61.5. The number of thiophene rings is 1. The number of aromatic nitrogens is 1. The Kier molecular flexibility index (Phi) is 5.06. The van der Waals surface area contributed by atoms with Crippen molar-refractivity contribution in [3.63, 3.8) is 0 Å². The predicted octanol–water partition coefficient (Wildman–Crippen LogP) is 14.6. The van der Waals surface area contributed by atoms with E-state index in [2.05, 4.69) is 168 Å². The Labute approximate surface area is 302 Å². The van der Waals surface area contributed by atoms with E-state index in [1.165, 1.54) is 124 Å². The molecule has 2 heterocycles. The highest BCUT2D eigenvalue weighted by atomic mass is 32.1. The minimum absolute atomic E-state index is 1.19. The molecule has 0 N–H and O–H groups in total. The molecule has 1 aliphatic carbocycles. The number of hydrogen-bond acceptors (Lipinski definition) is 1. The quantitative estimate of drug-likeness (QED) is 0.153. The molecule has 0 unspecified atom stereocenters. The summed E-state index contributed by atoms with van der Waals surface area (Å²) in [5.74, 6) is 0. The maximum absolute atomic E-state index is 2.63. The smallest absolute Gasteiger partial charge is 0.0726 e. The van der Waals surface area contributed by atoms with Gasteiger partial charge in [-0.25, -0.2) is 0 Å². The van der Waals surface area contributed by atoms with Crippen molar-refractivity contribution in [2.75, 3.05) is 0 Å². The van der Waals surface area contributed by atoms with Gasteiger partial charge in [-0.15, -0.1) is 11.3 Å². The first-order valence-corrected chi connectivity index (χ1v) is 18.8. The van der Waals surface area contributed by atoms with Crippen molar-refractivity contribution < 1.29 is 0 Å². The van der Waals surface area contributed by atoms with Gasteiger partial charge < -0.3 is 4.57 Å². The van der Waals surface area contributed by atoms with Crippen LogP contribution >= 0.6 is 11.3 Å². The molecule has 1 nitrogen and oxygen atoms in total. The van der Waals surface area contributed by atoms with Crippen molar-refractivity contribution in [1.82, 2.24) is 4.57 Å². The average molecular weight is 674 g/mol. The molecule has 0 atom stereocenters. The molecule has 12 aromatic rings. The fraction of sp³-hybridized carbons (Fsp3) is 0. The summed E-state index contributed by atoms with van der Waals surface area (Å²) in [5.41, 5.74) is 9.09. The van der Waals surface area contributed by atoms with Gasteiger partial charge in [0.05, 0.1) is 15.7 Å². The Morgan fingerprint density at radius 2 is 0.846 bits per heavy atom. The highest BCUT2D eigenvalue weighted by Crippen LogP contribution is 2.54. The summed E-state index contributed by atoms with van der Waals surface area (Å²) >= 11 is 1.93. The maximum Gasteiger partial charge on any atom is 0.0726 e. The Hall–Kier alpha value is -6.48. The Balaban J connectivity index is 1.31. The van der Waals surface area contributed by atoms with E-state index < -0.39 is 0 Å². The second-order valence-electron chi connectivity index (χ2n) is 14.3. The van der Waals surface area contributed by atoms with Crippen LogP contribution in [0.5, 0.6) is 0 Å². The van der Waals surface area contributed by atoms with Crippen LogP contribution in [0.25, 0.3) is 124 Å². The van der Waals surface area contributed by atoms with E-state index in [0.29, 0.717) is 0 Å². The molecule has 52 heavy (non-hydrogen) atoms. The van der Waals surface area contributed by atoms with Gasteiger partial charge in [-0.3, -0.25) is 0 Å². The summed E-state index contributed by atoms with van der Waals surface area (Å²) in [5, 5.41) is 18.4. The normalized spacial score (nSPS) is 12.6. The van der Waals surface area contributed by atoms with Gasteiger partial charge in [0.2, 0.25) is 0 Å². The van der Waals surface area contributed by atoms with Crippen molar-refractivity contribution >= 4 is 107 Å². The third-order valence-electron chi connectivity index (χ3n) is 11.9. The molecular formula is C50H27NS. The zero-order valence-corrected chi connectivity index (χ0v) is 28.8. The van der Waals surface area contributed by atoms with Gasteiger partial charge in [-0.1, -0.05) is 140 Å². The fourth-order valence-corrected chi connectivity index (χ4v) is 11.1. The Bertz CT molecular complexity index is 3540. The van der Waals surface area contributed by atoms with E-state index in [1.807, 2.05) is 11.3 Å². The van der Waals surface area contributed by atoms with Crippen LogP contribution in [0.2, 0.25) is 0 Å². The lowest BCUT2D eigenvalue weighted by Crippen LogP contribution is -1.96. The SMILES string of the molecule is c1ccc2c(c1)-c1cccc3c1c-2cc1c2c4ccccc4c4c5ccccc5sc4c2n(-c2ccc4c5ccccc5c5ccccc5c4c2)c31. The van der Waals surface area contributed by atoms with Crippen LogP contribution in [0.4, 0.5) is 0 Å². The molecule has 1 aliphatic rings. The molecule has 13 rings (SSSR count). The summed E-state index contributed by atoms with van der Waals surface area (Å²) in [6.45, 7) is 0. The second kappa shape index (κ2) is 9.64. The molecule has 0 aliphatic heterocycles. The van der Waals surface area contributed by atoms with Crippen LogP contribution < -0.4 is 0 Å². The molecule has 0 radical (unpaired) electrons. The van der Waals surface area contributed by atoms with Crippen LogP contribution in [0.15, 0.2) is 164 Å². The molecule has 2 aromatic heterocycles. The Morgan fingerprint density at radius 1 is 0.308 bits per heavy atom. The van der Waals surface area contributed by atoms with Gasteiger partial charge >= 0.3 is 0 Å². The van der Waals surface area contributed by atoms with Crippen LogP contribution in [-0.4, -0.2) is 4.57 Å². The maximum atomic E-state index is 2.63. The first-order valence-electron chi connectivity index (χ1n) is 18.0. The molecule has 0 amide bonds. The summed E-state index contributed by atoms with van der Waals surface area (Å²) < 4.78 is 5.30. The molecule has 0 saturated heterocycles. The average Bonchev–Trinajstić information content (AvgIpc) is 3.88. The first-order chi connectivity index (χ1) is 25.8. The van der Waals surface area contributed by atoms with Crippen molar-refractivity contribution in [2.45, 2.75) is 0 Å². The summed E-state index contributed by atoms with van der Waals surface area (Å²) in [7, 11) is 0. The highest BCUT2D eigenvalue weighted by Gasteiger charge is 2.28.